The molecule has 2 unspecified atom stereocenters. The Morgan fingerprint density at radius 3 is 2.42 bits per heavy atom. The Morgan fingerprint density at radius 2 is 1.92 bits per heavy atom. The molecule has 24 heavy (non-hydrogen) atoms. The van der Waals surface area contributed by atoms with Crippen molar-refractivity contribution in [3.05, 3.63) is 22.3 Å². The van der Waals surface area contributed by atoms with Gasteiger partial charge in [-0.1, -0.05) is 25.6 Å². The summed E-state index contributed by atoms with van der Waals surface area (Å²) in [6.45, 7) is 10.5. The molecule has 0 aromatic heterocycles. The van der Waals surface area contributed by atoms with E-state index in [1.54, 1.807) is 6.26 Å². The van der Waals surface area contributed by atoms with Crippen molar-refractivity contribution < 1.29 is 19.1 Å². The van der Waals surface area contributed by atoms with Crippen LogP contribution in [-0.4, -0.2) is 36.0 Å². The van der Waals surface area contributed by atoms with Gasteiger partial charge in [-0.15, -0.1) is 0 Å². The fourth-order valence-corrected chi connectivity index (χ4v) is 4.76. The highest BCUT2D eigenvalue weighted by molar-refractivity contribution is 8.05. The number of amides is 2. The molecule has 132 valence electrons. The Morgan fingerprint density at radius 1 is 1.29 bits per heavy atom. The number of rotatable bonds is 3. The molecule has 1 saturated heterocycles. The molecule has 0 bridgehead atoms. The Kier molecular flexibility index (Phi) is 3.80. The molecule has 3 heterocycles. The zero-order chi connectivity index (χ0) is 17.9. The van der Waals surface area contributed by atoms with Gasteiger partial charge >= 0.3 is 0 Å². The molecule has 0 radical (unpaired) electrons. The van der Waals surface area contributed by atoms with Gasteiger partial charge in [-0.3, -0.25) is 9.59 Å². The van der Waals surface area contributed by atoms with Gasteiger partial charge < -0.3 is 20.5 Å². The van der Waals surface area contributed by atoms with Crippen LogP contribution in [0, 0.1) is 10.8 Å². The predicted molar refractivity (Wildman–Crippen MR) is 91.7 cm³/mol. The third-order valence-corrected chi connectivity index (χ3v) is 6.55. The first kappa shape index (κ1) is 17.4. The van der Waals surface area contributed by atoms with E-state index in [-0.39, 0.29) is 17.4 Å². The summed E-state index contributed by atoms with van der Waals surface area (Å²) in [6, 6.07) is 0. The van der Waals surface area contributed by atoms with Crippen LogP contribution < -0.4 is 11.1 Å². The maximum atomic E-state index is 12.7. The third-order valence-electron chi connectivity index (χ3n) is 5.32. The van der Waals surface area contributed by atoms with Crippen LogP contribution in [0.1, 0.15) is 34.6 Å². The first-order valence-electron chi connectivity index (χ1n) is 8.02. The van der Waals surface area contributed by atoms with Crippen LogP contribution in [0.25, 0.3) is 0 Å². The lowest BCUT2D eigenvalue weighted by Gasteiger charge is -2.39. The molecule has 0 aromatic carbocycles. The molecule has 0 aliphatic carbocycles. The average Bonchev–Trinajstić information content (AvgIpc) is 2.74. The summed E-state index contributed by atoms with van der Waals surface area (Å²) in [4.78, 5) is 24.9. The van der Waals surface area contributed by atoms with E-state index in [9.17, 15) is 9.59 Å². The van der Waals surface area contributed by atoms with Crippen molar-refractivity contribution in [1.29, 1.82) is 0 Å². The number of carbonyl (C=O) groups excluding carboxylic acids is 2. The van der Waals surface area contributed by atoms with Crippen molar-refractivity contribution in [2.75, 3.05) is 13.2 Å². The second-order valence-electron chi connectivity index (χ2n) is 7.74. The molecule has 0 aromatic rings. The smallest absolute Gasteiger partial charge is 0.248 e. The van der Waals surface area contributed by atoms with Crippen molar-refractivity contribution in [2.24, 2.45) is 16.6 Å². The maximum Gasteiger partial charge on any atom is 0.248 e. The molecular formula is C17H24N2O4S. The van der Waals surface area contributed by atoms with Crippen LogP contribution >= 0.6 is 11.8 Å². The molecule has 3 N–H and O–H groups in total. The first-order chi connectivity index (χ1) is 11.0. The second kappa shape index (κ2) is 5.26. The van der Waals surface area contributed by atoms with E-state index in [1.165, 1.54) is 11.8 Å². The minimum atomic E-state index is -0.909. The van der Waals surface area contributed by atoms with Crippen LogP contribution in [0.4, 0.5) is 0 Å². The standard InChI is InChI=1S/C17H24N2O4S/c1-9-15(2,3)11-10(6-23-9)24-17(5,12(11)13(18)20)19-14(21)16(4)7-22-8-16/h6,9H,7-8H2,1-5H3,(H2,18,20)(H,19,21). The maximum absolute atomic E-state index is 12.7. The highest BCUT2D eigenvalue weighted by atomic mass is 32.2. The molecular weight excluding hydrogens is 328 g/mol. The number of hydrogen-bond donors (Lipinski definition) is 2. The minimum absolute atomic E-state index is 0.0956. The molecule has 0 spiro atoms. The van der Waals surface area contributed by atoms with E-state index in [1.807, 2.05) is 34.6 Å². The van der Waals surface area contributed by atoms with Gasteiger partial charge in [0.2, 0.25) is 11.8 Å². The molecule has 7 heteroatoms. The topological polar surface area (TPSA) is 90.7 Å². The summed E-state index contributed by atoms with van der Waals surface area (Å²) < 4.78 is 10.9. The highest BCUT2D eigenvalue weighted by Crippen LogP contribution is 2.57. The molecule has 3 aliphatic rings. The number of nitrogens with one attached hydrogen (secondary N) is 1. The first-order valence-corrected chi connectivity index (χ1v) is 8.83. The lowest BCUT2D eigenvalue weighted by Crippen LogP contribution is -2.57. The number of allylic oxidation sites excluding steroid dienone is 1. The highest BCUT2D eigenvalue weighted by Gasteiger charge is 2.53. The van der Waals surface area contributed by atoms with Gasteiger partial charge in [0, 0.05) is 10.3 Å². The van der Waals surface area contributed by atoms with Gasteiger partial charge in [-0.25, -0.2) is 0 Å². The van der Waals surface area contributed by atoms with Gasteiger partial charge in [0.25, 0.3) is 0 Å². The summed E-state index contributed by atoms with van der Waals surface area (Å²) in [5.74, 6) is -0.644. The summed E-state index contributed by atoms with van der Waals surface area (Å²) in [5.41, 5.74) is 6.11. The minimum Gasteiger partial charge on any atom is -0.496 e. The number of primary amides is 1. The number of carbonyl (C=O) groups is 2. The molecule has 0 saturated carbocycles. The molecule has 1 fully saturated rings. The fourth-order valence-electron chi connectivity index (χ4n) is 3.30. The molecule has 2 amide bonds. The quantitative estimate of drug-likeness (QED) is 0.806. The molecule has 2 atom stereocenters. The SMILES string of the molecule is CC1OC=C2SC(C)(NC(=O)C3(C)COC3)C(C(N)=O)=C2C1(C)C. The lowest BCUT2D eigenvalue weighted by molar-refractivity contribution is -0.158. The molecule has 6 nitrogen and oxygen atoms in total. The second-order valence-corrected chi connectivity index (χ2v) is 9.20. The van der Waals surface area contributed by atoms with Gasteiger partial charge in [0.15, 0.2) is 0 Å². The van der Waals surface area contributed by atoms with Gasteiger partial charge in [0.05, 0.1) is 30.5 Å². The Balaban J connectivity index is 2.03. The summed E-state index contributed by atoms with van der Waals surface area (Å²) in [5, 5.41) is 3.03. The Hall–Kier alpha value is -1.47. The van der Waals surface area contributed by atoms with Crippen LogP contribution in [0.15, 0.2) is 22.3 Å². The average molecular weight is 352 g/mol. The molecule has 3 rings (SSSR count). The van der Waals surface area contributed by atoms with Gasteiger partial charge in [-0.05, 0) is 26.3 Å². The van der Waals surface area contributed by atoms with Crippen molar-refractivity contribution >= 4 is 23.6 Å². The third kappa shape index (κ3) is 2.37. The van der Waals surface area contributed by atoms with Crippen molar-refractivity contribution in [3.8, 4) is 0 Å². The number of hydrogen-bond acceptors (Lipinski definition) is 5. The van der Waals surface area contributed by atoms with Crippen LogP contribution in [0.2, 0.25) is 0 Å². The van der Waals surface area contributed by atoms with E-state index in [0.29, 0.717) is 18.8 Å². The zero-order valence-electron chi connectivity index (χ0n) is 14.7. The number of ether oxygens (including phenoxy) is 2. The van der Waals surface area contributed by atoms with Crippen LogP contribution in [-0.2, 0) is 19.1 Å². The van der Waals surface area contributed by atoms with Gasteiger partial charge in [0.1, 0.15) is 11.0 Å². The predicted octanol–water partition coefficient (Wildman–Crippen LogP) is 1.67. The van der Waals surface area contributed by atoms with Crippen molar-refractivity contribution in [3.63, 3.8) is 0 Å². The summed E-state index contributed by atoms with van der Waals surface area (Å²) >= 11 is 1.41. The van der Waals surface area contributed by atoms with E-state index >= 15 is 0 Å². The van der Waals surface area contributed by atoms with Crippen LogP contribution in [0.3, 0.4) is 0 Å². The fraction of sp³-hybridized carbons (Fsp3) is 0.647. The van der Waals surface area contributed by atoms with E-state index < -0.39 is 16.2 Å². The number of thioether (sulfide) groups is 1. The van der Waals surface area contributed by atoms with Crippen molar-refractivity contribution in [2.45, 2.75) is 45.6 Å². The van der Waals surface area contributed by atoms with E-state index in [0.717, 1.165) is 10.5 Å². The molecule has 3 aliphatic heterocycles. The zero-order valence-corrected chi connectivity index (χ0v) is 15.5. The van der Waals surface area contributed by atoms with Crippen molar-refractivity contribution in [1.82, 2.24) is 5.32 Å². The van der Waals surface area contributed by atoms with Crippen LogP contribution in [0.5, 0.6) is 0 Å². The number of fused-ring (bicyclic) bond motifs is 1. The Labute approximate surface area is 146 Å². The lowest BCUT2D eigenvalue weighted by atomic mass is 9.74. The van der Waals surface area contributed by atoms with E-state index in [2.05, 4.69) is 5.32 Å². The summed E-state index contributed by atoms with van der Waals surface area (Å²) in [6.07, 6.45) is 1.58. The van der Waals surface area contributed by atoms with Gasteiger partial charge in [-0.2, -0.15) is 0 Å². The monoisotopic (exact) mass is 352 g/mol. The largest absolute Gasteiger partial charge is 0.496 e. The van der Waals surface area contributed by atoms with E-state index in [4.69, 9.17) is 15.2 Å². The summed E-state index contributed by atoms with van der Waals surface area (Å²) in [7, 11) is 0. The Bertz CT molecular complexity index is 678. The normalized spacial score (nSPS) is 33.0. The number of nitrogens with two attached hydrogens (primary N) is 1.